The fraction of sp³-hybridized carbons (Fsp3) is 0.333. The second kappa shape index (κ2) is 4.21. The molecule has 1 heteroatoms. The van der Waals surface area contributed by atoms with Crippen LogP contribution in [0.1, 0.15) is 40.5 Å². The van der Waals surface area contributed by atoms with E-state index in [1.165, 1.54) is 6.42 Å². The highest BCUT2D eigenvalue weighted by Gasteiger charge is 2.42. The summed E-state index contributed by atoms with van der Waals surface area (Å²) >= 11 is 0. The summed E-state index contributed by atoms with van der Waals surface area (Å²) < 4.78 is 0. The minimum Gasteiger partial charge on any atom is -0.319 e. The lowest BCUT2D eigenvalue weighted by molar-refractivity contribution is 0.347. The van der Waals surface area contributed by atoms with Crippen LogP contribution in [-0.4, -0.2) is 13.6 Å². The van der Waals surface area contributed by atoms with Gasteiger partial charge in [-0.15, -0.1) is 0 Å². The van der Waals surface area contributed by atoms with Crippen molar-refractivity contribution in [2.45, 2.75) is 18.3 Å². The lowest BCUT2D eigenvalue weighted by Gasteiger charge is -2.45. The van der Waals surface area contributed by atoms with Crippen LogP contribution in [-0.2, 0) is 0 Å². The molecule has 96 valence electrons. The maximum atomic E-state index is 3.38. The molecule has 0 saturated heterocycles. The van der Waals surface area contributed by atoms with E-state index in [9.17, 15) is 0 Å². The van der Waals surface area contributed by atoms with Crippen molar-refractivity contribution < 1.29 is 0 Å². The van der Waals surface area contributed by atoms with E-state index in [-0.39, 0.29) is 0 Å². The molecule has 2 aromatic carbocycles. The van der Waals surface area contributed by atoms with Crippen molar-refractivity contribution in [1.82, 2.24) is 5.32 Å². The minimum atomic E-state index is 0.588. The van der Waals surface area contributed by atoms with Crippen LogP contribution in [0.15, 0.2) is 48.5 Å². The van der Waals surface area contributed by atoms with Crippen LogP contribution in [0, 0.1) is 5.92 Å². The van der Waals surface area contributed by atoms with Gasteiger partial charge in [0.15, 0.2) is 0 Å². The van der Waals surface area contributed by atoms with Gasteiger partial charge in [0, 0.05) is 11.8 Å². The van der Waals surface area contributed by atoms with Crippen molar-refractivity contribution in [3.8, 4) is 0 Å². The Morgan fingerprint density at radius 3 is 1.95 bits per heavy atom. The van der Waals surface area contributed by atoms with Gasteiger partial charge >= 0.3 is 0 Å². The summed E-state index contributed by atoms with van der Waals surface area (Å²) in [5.41, 5.74) is 6.27. The first-order chi connectivity index (χ1) is 9.40. The zero-order valence-corrected chi connectivity index (χ0v) is 11.3. The average Bonchev–Trinajstić information content (AvgIpc) is 2.48. The summed E-state index contributed by atoms with van der Waals surface area (Å²) in [6, 6.07) is 18.1. The first-order valence-electron chi connectivity index (χ1n) is 7.22. The fourth-order valence-corrected chi connectivity index (χ4v) is 4.22. The van der Waals surface area contributed by atoms with Crippen molar-refractivity contribution in [3.05, 3.63) is 70.8 Å². The van der Waals surface area contributed by atoms with Crippen LogP contribution in [0.5, 0.6) is 0 Å². The number of benzene rings is 2. The van der Waals surface area contributed by atoms with Crippen LogP contribution in [0.25, 0.3) is 0 Å². The van der Waals surface area contributed by atoms with Gasteiger partial charge in [0.1, 0.15) is 0 Å². The highest BCUT2D eigenvalue weighted by molar-refractivity contribution is 5.55. The van der Waals surface area contributed by atoms with Crippen LogP contribution >= 0.6 is 0 Å². The average molecular weight is 249 g/mol. The van der Waals surface area contributed by atoms with Gasteiger partial charge in [-0.25, -0.2) is 0 Å². The Balaban J connectivity index is 1.93. The molecule has 1 atom stereocenters. The molecule has 0 saturated carbocycles. The molecule has 5 rings (SSSR count). The number of fused-ring (bicyclic) bond motifs is 1. The Bertz CT molecular complexity index is 569. The normalized spacial score (nSPS) is 26.9. The predicted molar refractivity (Wildman–Crippen MR) is 78.6 cm³/mol. The molecular weight excluding hydrogens is 230 g/mol. The summed E-state index contributed by atoms with van der Waals surface area (Å²) in [5.74, 6) is 1.93. The molecule has 2 aromatic rings. The first-order valence-corrected chi connectivity index (χ1v) is 7.22. The molecule has 3 aliphatic rings. The summed E-state index contributed by atoms with van der Waals surface area (Å²) in [4.78, 5) is 0. The Hall–Kier alpha value is -1.60. The van der Waals surface area contributed by atoms with E-state index in [0.29, 0.717) is 11.8 Å². The van der Waals surface area contributed by atoms with Gasteiger partial charge in [-0.2, -0.15) is 0 Å². The molecule has 1 nitrogen and oxygen atoms in total. The Labute approximate surface area is 114 Å². The summed E-state index contributed by atoms with van der Waals surface area (Å²) in [6.45, 7) is 1.11. The molecule has 0 aromatic heterocycles. The van der Waals surface area contributed by atoms with E-state index >= 15 is 0 Å². The van der Waals surface area contributed by atoms with Crippen molar-refractivity contribution >= 4 is 0 Å². The van der Waals surface area contributed by atoms with Crippen LogP contribution in [0.2, 0.25) is 0 Å². The highest BCUT2D eigenvalue weighted by atomic mass is 14.8. The van der Waals surface area contributed by atoms with Gasteiger partial charge < -0.3 is 5.32 Å². The lowest BCUT2D eigenvalue weighted by atomic mass is 9.59. The van der Waals surface area contributed by atoms with Crippen LogP contribution in [0.4, 0.5) is 0 Å². The molecule has 0 aliphatic heterocycles. The van der Waals surface area contributed by atoms with E-state index in [0.717, 1.165) is 12.5 Å². The molecule has 2 bridgehead atoms. The first kappa shape index (κ1) is 11.2. The molecule has 1 N–H and O–H groups in total. The second-order valence-electron chi connectivity index (χ2n) is 5.84. The maximum Gasteiger partial charge on any atom is 0.0136 e. The number of rotatable bonds is 2. The van der Waals surface area contributed by atoms with Crippen LogP contribution in [0.3, 0.4) is 0 Å². The minimum absolute atomic E-state index is 0.588. The molecular formula is C18H19N. The Kier molecular flexibility index (Phi) is 2.49. The topological polar surface area (TPSA) is 12.0 Å². The van der Waals surface area contributed by atoms with Gasteiger partial charge in [-0.05, 0) is 48.2 Å². The zero-order chi connectivity index (χ0) is 12.8. The monoisotopic (exact) mass is 249 g/mol. The van der Waals surface area contributed by atoms with Crippen molar-refractivity contribution in [1.29, 1.82) is 0 Å². The third kappa shape index (κ3) is 1.51. The SMILES string of the molecule is CNCC1CC2c3ccccc3C1c1ccccc12. The predicted octanol–water partition coefficient (Wildman–Crippen LogP) is 3.50. The second-order valence-corrected chi connectivity index (χ2v) is 5.84. The fourth-order valence-electron chi connectivity index (χ4n) is 4.22. The highest BCUT2D eigenvalue weighted by Crippen LogP contribution is 2.54. The van der Waals surface area contributed by atoms with E-state index in [4.69, 9.17) is 0 Å². The maximum absolute atomic E-state index is 3.38. The summed E-state index contributed by atoms with van der Waals surface area (Å²) in [5, 5.41) is 3.38. The van der Waals surface area contributed by atoms with Crippen molar-refractivity contribution in [2.24, 2.45) is 5.92 Å². The molecule has 1 unspecified atom stereocenters. The van der Waals surface area contributed by atoms with Crippen molar-refractivity contribution in [3.63, 3.8) is 0 Å². The molecule has 0 heterocycles. The number of nitrogens with one attached hydrogen (secondary N) is 1. The third-order valence-electron chi connectivity index (χ3n) is 4.89. The standard InChI is InChI=1S/C18H19N/c1-19-11-12-10-17-13-6-2-4-8-15(13)18(12)16-9-5-3-7-14(16)17/h2-9,12,17-19H,10-11H2,1H3. The third-order valence-corrected chi connectivity index (χ3v) is 4.89. The molecule has 0 fully saturated rings. The molecule has 0 spiro atoms. The van der Waals surface area contributed by atoms with Gasteiger partial charge in [0.25, 0.3) is 0 Å². The Morgan fingerprint density at radius 2 is 1.42 bits per heavy atom. The van der Waals surface area contributed by atoms with E-state index < -0.39 is 0 Å². The molecule has 19 heavy (non-hydrogen) atoms. The van der Waals surface area contributed by atoms with Gasteiger partial charge in [-0.3, -0.25) is 0 Å². The lowest BCUT2D eigenvalue weighted by Crippen LogP contribution is -2.36. The summed E-state index contributed by atoms with van der Waals surface area (Å²) in [6.07, 6.45) is 1.29. The Morgan fingerprint density at radius 1 is 0.895 bits per heavy atom. The van der Waals surface area contributed by atoms with Gasteiger partial charge in [0.2, 0.25) is 0 Å². The number of hydrogen-bond donors (Lipinski definition) is 1. The van der Waals surface area contributed by atoms with Crippen molar-refractivity contribution in [2.75, 3.05) is 13.6 Å². The van der Waals surface area contributed by atoms with E-state index in [2.05, 4.69) is 60.9 Å². The molecule has 0 radical (unpaired) electrons. The number of hydrogen-bond acceptors (Lipinski definition) is 1. The van der Waals surface area contributed by atoms with Gasteiger partial charge in [0.05, 0.1) is 0 Å². The smallest absolute Gasteiger partial charge is 0.0136 e. The largest absolute Gasteiger partial charge is 0.319 e. The molecule has 3 aliphatic carbocycles. The quantitative estimate of drug-likeness (QED) is 0.859. The van der Waals surface area contributed by atoms with E-state index in [1.807, 2.05) is 0 Å². The van der Waals surface area contributed by atoms with Gasteiger partial charge in [-0.1, -0.05) is 48.5 Å². The van der Waals surface area contributed by atoms with Crippen LogP contribution < -0.4 is 5.32 Å². The van der Waals surface area contributed by atoms with E-state index in [1.54, 1.807) is 22.3 Å². The summed E-state index contributed by atoms with van der Waals surface area (Å²) in [7, 11) is 2.07. The molecule has 0 amide bonds. The zero-order valence-electron chi connectivity index (χ0n) is 11.3.